The first-order chi connectivity index (χ1) is 13.0. The second-order valence-corrected chi connectivity index (χ2v) is 7.48. The molecule has 5 nitrogen and oxygen atoms in total. The second-order valence-electron chi connectivity index (χ2n) is 6.62. The number of nitrogens with one attached hydrogen (secondary N) is 2. The monoisotopic (exact) mass is 381 g/mol. The molecule has 2 aromatic carbocycles. The normalized spacial score (nSPS) is 10.7. The first-order valence-electron chi connectivity index (χ1n) is 8.80. The summed E-state index contributed by atoms with van der Waals surface area (Å²) in [6.07, 6.45) is 0.521. The summed E-state index contributed by atoms with van der Waals surface area (Å²) in [5.41, 5.74) is 3.63. The lowest BCUT2D eigenvalue weighted by Crippen LogP contribution is -2.13. The molecule has 6 heteroatoms. The molecule has 0 bridgehead atoms. The summed E-state index contributed by atoms with van der Waals surface area (Å²) in [7, 11) is 1.65. The fraction of sp³-hybridized carbons (Fsp3) is 0.238. The summed E-state index contributed by atoms with van der Waals surface area (Å²) >= 11 is 1.54. The maximum Gasteiger partial charge on any atom is 0.224 e. The Labute approximate surface area is 163 Å². The van der Waals surface area contributed by atoms with Crippen molar-refractivity contribution in [1.29, 1.82) is 0 Å². The number of carbonyl (C=O) groups is 1. The summed E-state index contributed by atoms with van der Waals surface area (Å²) in [6, 6.07) is 15.5. The summed E-state index contributed by atoms with van der Waals surface area (Å²) in [4.78, 5) is 16.5. The van der Waals surface area contributed by atoms with Gasteiger partial charge in [0.25, 0.3) is 0 Å². The highest BCUT2D eigenvalue weighted by molar-refractivity contribution is 7.14. The first kappa shape index (κ1) is 18.9. The highest BCUT2D eigenvalue weighted by atomic mass is 32.1. The molecule has 0 spiro atoms. The van der Waals surface area contributed by atoms with Crippen molar-refractivity contribution in [2.24, 2.45) is 5.92 Å². The van der Waals surface area contributed by atoms with E-state index in [0.29, 0.717) is 12.3 Å². The molecule has 3 rings (SSSR count). The fourth-order valence-electron chi connectivity index (χ4n) is 2.60. The van der Waals surface area contributed by atoms with Gasteiger partial charge >= 0.3 is 0 Å². The van der Waals surface area contributed by atoms with E-state index in [1.165, 1.54) is 0 Å². The quantitative estimate of drug-likeness (QED) is 0.563. The number of hydrogen-bond donors (Lipinski definition) is 2. The van der Waals surface area contributed by atoms with E-state index in [9.17, 15) is 4.79 Å². The molecule has 0 saturated carbocycles. The zero-order chi connectivity index (χ0) is 19.2. The lowest BCUT2D eigenvalue weighted by Gasteiger charge is -2.07. The minimum atomic E-state index is 0.0381. The van der Waals surface area contributed by atoms with Crippen LogP contribution in [-0.4, -0.2) is 18.0 Å². The van der Waals surface area contributed by atoms with Crippen LogP contribution in [0.2, 0.25) is 0 Å². The van der Waals surface area contributed by atoms with Crippen molar-refractivity contribution in [1.82, 2.24) is 4.98 Å². The Balaban J connectivity index is 1.66. The van der Waals surface area contributed by atoms with Gasteiger partial charge in [0.05, 0.1) is 12.8 Å². The predicted molar refractivity (Wildman–Crippen MR) is 112 cm³/mol. The van der Waals surface area contributed by atoms with Crippen molar-refractivity contribution in [3.8, 4) is 17.0 Å². The van der Waals surface area contributed by atoms with Crippen LogP contribution in [0.3, 0.4) is 0 Å². The predicted octanol–water partition coefficient (Wildman–Crippen LogP) is 5.55. The zero-order valence-electron chi connectivity index (χ0n) is 15.7. The van der Waals surface area contributed by atoms with E-state index in [-0.39, 0.29) is 5.91 Å². The summed E-state index contributed by atoms with van der Waals surface area (Å²) in [5, 5.41) is 9.04. The molecular formula is C21H23N3O2S. The van der Waals surface area contributed by atoms with E-state index in [0.717, 1.165) is 33.5 Å². The smallest absolute Gasteiger partial charge is 0.224 e. The van der Waals surface area contributed by atoms with Crippen LogP contribution in [0.1, 0.15) is 20.3 Å². The Morgan fingerprint density at radius 1 is 1.15 bits per heavy atom. The standard InChI is InChI=1S/C21H23N3O2S/c1-14(2)11-20(25)22-16-9-7-15(8-10-16)19-13-27-21(24-19)23-17-5-4-6-18(12-17)26-3/h4-10,12-14H,11H2,1-3H3,(H,22,25)(H,23,24). The number of thiazole rings is 1. The molecule has 1 amide bonds. The van der Waals surface area contributed by atoms with Gasteiger partial charge < -0.3 is 15.4 Å². The van der Waals surface area contributed by atoms with E-state index in [1.807, 2.05) is 67.8 Å². The van der Waals surface area contributed by atoms with Crippen molar-refractivity contribution < 1.29 is 9.53 Å². The number of hydrogen-bond acceptors (Lipinski definition) is 5. The van der Waals surface area contributed by atoms with Crippen molar-refractivity contribution in [2.45, 2.75) is 20.3 Å². The van der Waals surface area contributed by atoms with Gasteiger partial charge in [-0.05, 0) is 30.2 Å². The van der Waals surface area contributed by atoms with E-state index in [4.69, 9.17) is 4.74 Å². The molecule has 27 heavy (non-hydrogen) atoms. The number of benzene rings is 2. The molecule has 0 fully saturated rings. The maximum atomic E-state index is 11.9. The summed E-state index contributed by atoms with van der Waals surface area (Å²) < 4.78 is 5.24. The number of rotatable bonds is 7. The van der Waals surface area contributed by atoms with Crippen LogP contribution >= 0.6 is 11.3 Å². The summed E-state index contributed by atoms with van der Waals surface area (Å²) in [6.45, 7) is 4.06. The minimum Gasteiger partial charge on any atom is -0.497 e. The number of aromatic nitrogens is 1. The van der Waals surface area contributed by atoms with Crippen LogP contribution in [0.4, 0.5) is 16.5 Å². The molecule has 3 aromatic rings. The largest absolute Gasteiger partial charge is 0.497 e. The SMILES string of the molecule is COc1cccc(Nc2nc(-c3ccc(NC(=O)CC(C)C)cc3)cs2)c1. The van der Waals surface area contributed by atoms with Crippen LogP contribution in [0.15, 0.2) is 53.9 Å². The third kappa shape index (κ3) is 5.31. The van der Waals surface area contributed by atoms with Crippen molar-refractivity contribution in [2.75, 3.05) is 17.7 Å². The Bertz CT molecular complexity index is 904. The molecule has 2 N–H and O–H groups in total. The molecule has 1 aromatic heterocycles. The number of amides is 1. The number of anilines is 3. The third-order valence-electron chi connectivity index (χ3n) is 3.88. The highest BCUT2D eigenvalue weighted by Gasteiger charge is 2.08. The van der Waals surface area contributed by atoms with Crippen LogP contribution in [0.5, 0.6) is 5.75 Å². The Morgan fingerprint density at radius 2 is 1.93 bits per heavy atom. The van der Waals surface area contributed by atoms with Crippen molar-refractivity contribution >= 4 is 33.8 Å². The van der Waals surface area contributed by atoms with Crippen LogP contribution in [0.25, 0.3) is 11.3 Å². The molecule has 0 aliphatic rings. The highest BCUT2D eigenvalue weighted by Crippen LogP contribution is 2.29. The van der Waals surface area contributed by atoms with Gasteiger partial charge in [-0.3, -0.25) is 4.79 Å². The number of methoxy groups -OCH3 is 1. The van der Waals surface area contributed by atoms with Gasteiger partial charge in [-0.25, -0.2) is 4.98 Å². The molecule has 0 aliphatic heterocycles. The Hall–Kier alpha value is -2.86. The number of ether oxygens (including phenoxy) is 1. The molecular weight excluding hydrogens is 358 g/mol. The van der Waals surface area contributed by atoms with Crippen LogP contribution in [-0.2, 0) is 4.79 Å². The fourth-order valence-corrected chi connectivity index (χ4v) is 3.34. The first-order valence-corrected chi connectivity index (χ1v) is 9.68. The molecule has 140 valence electrons. The van der Waals surface area contributed by atoms with Gasteiger partial charge in [0.15, 0.2) is 5.13 Å². The summed E-state index contributed by atoms with van der Waals surface area (Å²) in [5.74, 6) is 1.18. The number of nitrogens with zero attached hydrogens (tertiary/aromatic N) is 1. The van der Waals surface area contributed by atoms with E-state index >= 15 is 0 Å². The van der Waals surface area contributed by atoms with Crippen LogP contribution < -0.4 is 15.4 Å². The zero-order valence-corrected chi connectivity index (χ0v) is 16.5. The van der Waals surface area contributed by atoms with Gasteiger partial charge in [0, 0.05) is 34.8 Å². The van der Waals surface area contributed by atoms with Gasteiger partial charge in [-0.15, -0.1) is 11.3 Å². The van der Waals surface area contributed by atoms with Crippen molar-refractivity contribution in [3.05, 3.63) is 53.9 Å². The minimum absolute atomic E-state index is 0.0381. The third-order valence-corrected chi connectivity index (χ3v) is 4.64. The molecule has 0 unspecified atom stereocenters. The average molecular weight is 382 g/mol. The number of carbonyl (C=O) groups excluding carboxylic acids is 1. The van der Waals surface area contributed by atoms with E-state index in [1.54, 1.807) is 18.4 Å². The van der Waals surface area contributed by atoms with Crippen LogP contribution in [0, 0.1) is 5.92 Å². The lowest BCUT2D eigenvalue weighted by molar-refractivity contribution is -0.116. The molecule has 0 saturated heterocycles. The van der Waals surface area contributed by atoms with Gasteiger partial charge in [-0.2, -0.15) is 0 Å². The Kier molecular flexibility index (Phi) is 6.08. The molecule has 0 radical (unpaired) electrons. The van der Waals surface area contributed by atoms with E-state index < -0.39 is 0 Å². The molecule has 1 heterocycles. The molecule has 0 aliphatic carbocycles. The second kappa shape index (κ2) is 8.68. The van der Waals surface area contributed by atoms with Gasteiger partial charge in [0.1, 0.15) is 5.75 Å². The lowest BCUT2D eigenvalue weighted by atomic mass is 10.1. The van der Waals surface area contributed by atoms with Crippen molar-refractivity contribution in [3.63, 3.8) is 0 Å². The Morgan fingerprint density at radius 3 is 2.63 bits per heavy atom. The van der Waals surface area contributed by atoms with Gasteiger partial charge in [-0.1, -0.05) is 32.0 Å². The van der Waals surface area contributed by atoms with Gasteiger partial charge in [0.2, 0.25) is 5.91 Å². The van der Waals surface area contributed by atoms with E-state index in [2.05, 4.69) is 15.6 Å². The topological polar surface area (TPSA) is 63.2 Å². The average Bonchev–Trinajstić information content (AvgIpc) is 3.10. The molecule has 0 atom stereocenters. The maximum absolute atomic E-state index is 11.9.